The molecule has 0 aliphatic heterocycles. The molecule has 0 aliphatic rings. The third-order valence-electron chi connectivity index (χ3n) is 4.75. The molecule has 0 saturated carbocycles. The van der Waals surface area contributed by atoms with Gasteiger partial charge in [-0.1, -0.05) is 35.9 Å². The first-order chi connectivity index (χ1) is 14.4. The average Bonchev–Trinajstić information content (AvgIpc) is 2.74. The Balaban J connectivity index is 1.46. The van der Waals surface area contributed by atoms with E-state index in [1.165, 1.54) is 11.8 Å². The van der Waals surface area contributed by atoms with Crippen molar-refractivity contribution in [2.24, 2.45) is 0 Å². The zero-order valence-corrected chi connectivity index (χ0v) is 18.3. The van der Waals surface area contributed by atoms with E-state index in [2.05, 4.69) is 11.4 Å². The van der Waals surface area contributed by atoms with Crippen LogP contribution in [-0.2, 0) is 16.1 Å². The molecule has 0 radical (unpaired) electrons. The Hall–Kier alpha value is -2.99. The first kappa shape index (κ1) is 21.7. The Labute approximate surface area is 181 Å². The molecule has 5 nitrogen and oxygen atoms in total. The molecule has 0 aliphatic carbocycles. The predicted octanol–water partition coefficient (Wildman–Crippen LogP) is 4.49. The number of amides is 2. The number of fused-ring (bicyclic) bond motifs is 1. The van der Waals surface area contributed by atoms with Crippen LogP contribution in [0.4, 0.5) is 5.69 Å². The van der Waals surface area contributed by atoms with Crippen molar-refractivity contribution in [2.75, 3.05) is 31.0 Å². The Bertz CT molecular complexity index is 1030. The van der Waals surface area contributed by atoms with Gasteiger partial charge in [0.05, 0.1) is 18.6 Å². The number of benzene rings is 3. The molecule has 0 bridgehead atoms. The molecular weight excluding hydrogens is 396 g/mol. The van der Waals surface area contributed by atoms with Crippen molar-refractivity contribution in [1.82, 2.24) is 4.90 Å². The summed E-state index contributed by atoms with van der Waals surface area (Å²) in [5.41, 5.74) is 2.97. The summed E-state index contributed by atoms with van der Waals surface area (Å²) in [4.78, 5) is 26.2. The van der Waals surface area contributed by atoms with E-state index < -0.39 is 0 Å². The van der Waals surface area contributed by atoms with Gasteiger partial charge in [0.2, 0.25) is 11.8 Å². The molecule has 156 valence electrons. The Morgan fingerprint density at radius 1 is 0.967 bits per heavy atom. The number of nitrogens with zero attached hydrogens (tertiary/aromatic N) is 1. The molecule has 0 heterocycles. The van der Waals surface area contributed by atoms with E-state index in [0.717, 1.165) is 33.3 Å². The van der Waals surface area contributed by atoms with Gasteiger partial charge in [-0.3, -0.25) is 9.59 Å². The number of thioether (sulfide) groups is 1. The van der Waals surface area contributed by atoms with Gasteiger partial charge in [0.15, 0.2) is 0 Å². The predicted molar refractivity (Wildman–Crippen MR) is 124 cm³/mol. The largest absolute Gasteiger partial charge is 0.497 e. The summed E-state index contributed by atoms with van der Waals surface area (Å²) in [6.45, 7) is 2.52. The minimum Gasteiger partial charge on any atom is -0.497 e. The van der Waals surface area contributed by atoms with Crippen molar-refractivity contribution in [2.45, 2.75) is 13.5 Å². The average molecular weight is 423 g/mol. The van der Waals surface area contributed by atoms with Gasteiger partial charge in [0, 0.05) is 19.3 Å². The van der Waals surface area contributed by atoms with Crippen molar-refractivity contribution in [3.05, 3.63) is 71.8 Å². The van der Waals surface area contributed by atoms with E-state index in [1.54, 1.807) is 19.1 Å². The van der Waals surface area contributed by atoms with Gasteiger partial charge in [0.1, 0.15) is 5.75 Å². The second-order valence-corrected chi connectivity index (χ2v) is 8.19. The number of carbonyl (C=O) groups is 2. The molecule has 0 saturated heterocycles. The minimum absolute atomic E-state index is 0.00189. The second kappa shape index (κ2) is 10.2. The standard InChI is InChI=1S/C24H26N2O3S/c1-17-4-9-21(10-5-17)25-23(27)15-30-16-24(28)26(2)14-18-6-7-20-13-22(29-3)11-8-19(20)12-18/h4-13H,14-16H2,1-3H3,(H,25,27). The smallest absolute Gasteiger partial charge is 0.234 e. The van der Waals surface area contributed by atoms with Crippen molar-refractivity contribution >= 4 is 40.0 Å². The first-order valence-corrected chi connectivity index (χ1v) is 10.8. The van der Waals surface area contributed by atoms with E-state index in [9.17, 15) is 9.59 Å². The minimum atomic E-state index is -0.107. The number of carbonyl (C=O) groups excluding carboxylic acids is 2. The van der Waals surface area contributed by atoms with Crippen molar-refractivity contribution in [1.29, 1.82) is 0 Å². The maximum atomic E-state index is 12.4. The quantitative estimate of drug-likeness (QED) is 0.581. The number of rotatable bonds is 8. The van der Waals surface area contributed by atoms with E-state index >= 15 is 0 Å². The highest BCUT2D eigenvalue weighted by atomic mass is 32.2. The van der Waals surface area contributed by atoms with Crippen LogP contribution in [0.15, 0.2) is 60.7 Å². The molecule has 6 heteroatoms. The van der Waals surface area contributed by atoms with Gasteiger partial charge in [-0.2, -0.15) is 0 Å². The summed E-state index contributed by atoms with van der Waals surface area (Å²) in [5, 5.41) is 5.05. The summed E-state index contributed by atoms with van der Waals surface area (Å²) in [6.07, 6.45) is 0. The highest BCUT2D eigenvalue weighted by molar-refractivity contribution is 8.00. The van der Waals surface area contributed by atoms with Crippen molar-refractivity contribution in [3.8, 4) is 5.75 Å². The fourth-order valence-electron chi connectivity index (χ4n) is 3.04. The van der Waals surface area contributed by atoms with Gasteiger partial charge in [-0.05, 0) is 53.6 Å². The lowest BCUT2D eigenvalue weighted by atomic mass is 10.1. The van der Waals surface area contributed by atoms with Gasteiger partial charge >= 0.3 is 0 Å². The summed E-state index contributed by atoms with van der Waals surface area (Å²) in [6, 6.07) is 19.7. The van der Waals surface area contributed by atoms with Crippen LogP contribution in [0.1, 0.15) is 11.1 Å². The van der Waals surface area contributed by atoms with Crippen LogP contribution >= 0.6 is 11.8 Å². The van der Waals surface area contributed by atoms with E-state index in [1.807, 2.05) is 61.5 Å². The molecule has 0 unspecified atom stereocenters. The van der Waals surface area contributed by atoms with E-state index in [0.29, 0.717) is 6.54 Å². The summed E-state index contributed by atoms with van der Waals surface area (Å²) < 4.78 is 5.26. The summed E-state index contributed by atoms with van der Waals surface area (Å²) >= 11 is 1.32. The highest BCUT2D eigenvalue weighted by Gasteiger charge is 2.11. The Kier molecular flexibility index (Phi) is 7.36. The Morgan fingerprint density at radius 2 is 1.67 bits per heavy atom. The maximum absolute atomic E-state index is 12.4. The van der Waals surface area contributed by atoms with Crippen LogP contribution in [0.3, 0.4) is 0 Å². The molecule has 0 atom stereocenters. The van der Waals surface area contributed by atoms with Crippen LogP contribution in [0.2, 0.25) is 0 Å². The molecule has 0 fully saturated rings. The molecule has 3 aromatic rings. The van der Waals surface area contributed by atoms with Gasteiger partial charge in [0.25, 0.3) is 0 Å². The summed E-state index contributed by atoms with van der Waals surface area (Å²) in [5.74, 6) is 1.22. The fourth-order valence-corrected chi connectivity index (χ4v) is 3.79. The normalized spacial score (nSPS) is 10.6. The molecule has 2 amide bonds. The van der Waals surface area contributed by atoms with E-state index in [-0.39, 0.29) is 23.3 Å². The number of ether oxygens (including phenoxy) is 1. The SMILES string of the molecule is COc1ccc2cc(CN(C)C(=O)CSCC(=O)Nc3ccc(C)cc3)ccc2c1. The molecule has 0 spiro atoms. The van der Waals surface area contributed by atoms with Crippen LogP contribution in [0.25, 0.3) is 10.8 Å². The monoisotopic (exact) mass is 422 g/mol. The van der Waals surface area contributed by atoms with E-state index in [4.69, 9.17) is 4.74 Å². The van der Waals surface area contributed by atoms with Crippen LogP contribution in [0.5, 0.6) is 5.75 Å². The molecule has 30 heavy (non-hydrogen) atoms. The number of hydrogen-bond acceptors (Lipinski definition) is 4. The molecular formula is C24H26N2O3S. The van der Waals surface area contributed by atoms with Crippen LogP contribution in [-0.4, -0.2) is 42.4 Å². The van der Waals surface area contributed by atoms with Crippen molar-refractivity contribution < 1.29 is 14.3 Å². The lowest BCUT2D eigenvalue weighted by Gasteiger charge is -2.17. The summed E-state index contributed by atoms with van der Waals surface area (Å²) in [7, 11) is 3.44. The topological polar surface area (TPSA) is 58.6 Å². The van der Waals surface area contributed by atoms with Gasteiger partial charge < -0.3 is 15.0 Å². The first-order valence-electron chi connectivity index (χ1n) is 9.69. The maximum Gasteiger partial charge on any atom is 0.234 e. The molecule has 0 aromatic heterocycles. The third-order valence-corrected chi connectivity index (χ3v) is 5.67. The molecule has 3 rings (SSSR count). The van der Waals surface area contributed by atoms with Crippen molar-refractivity contribution in [3.63, 3.8) is 0 Å². The zero-order valence-electron chi connectivity index (χ0n) is 17.5. The number of methoxy groups -OCH3 is 1. The second-order valence-electron chi connectivity index (χ2n) is 7.20. The van der Waals surface area contributed by atoms with Gasteiger partial charge in [-0.15, -0.1) is 11.8 Å². The highest BCUT2D eigenvalue weighted by Crippen LogP contribution is 2.22. The molecule has 3 aromatic carbocycles. The number of nitrogens with one attached hydrogen (secondary N) is 1. The lowest BCUT2D eigenvalue weighted by molar-refractivity contribution is -0.127. The number of anilines is 1. The molecule has 1 N–H and O–H groups in total. The lowest BCUT2D eigenvalue weighted by Crippen LogP contribution is -2.28. The zero-order chi connectivity index (χ0) is 21.5. The number of hydrogen-bond donors (Lipinski definition) is 1. The number of aryl methyl sites for hydroxylation is 1. The van der Waals surface area contributed by atoms with Gasteiger partial charge in [-0.25, -0.2) is 0 Å². The fraction of sp³-hybridized carbons (Fsp3) is 0.250. The van der Waals surface area contributed by atoms with Crippen LogP contribution in [0, 0.1) is 6.92 Å². The Morgan fingerprint density at radius 3 is 2.40 bits per heavy atom. The van der Waals surface area contributed by atoms with Crippen LogP contribution < -0.4 is 10.1 Å². The third kappa shape index (κ3) is 6.00.